The van der Waals surface area contributed by atoms with E-state index in [1.54, 1.807) is 0 Å². The van der Waals surface area contributed by atoms with Gasteiger partial charge in [-0.2, -0.15) is 0 Å². The zero-order valence-electron chi connectivity index (χ0n) is 7.29. The minimum absolute atomic E-state index is 0.406. The summed E-state index contributed by atoms with van der Waals surface area (Å²) in [4.78, 5) is 6.68. The molecule has 1 fully saturated rings. The maximum absolute atomic E-state index is 5.81. The Morgan fingerprint density at radius 1 is 1.42 bits per heavy atom. The first-order chi connectivity index (χ1) is 5.86. The molecule has 1 saturated heterocycles. The van der Waals surface area contributed by atoms with Gasteiger partial charge in [0, 0.05) is 25.7 Å². The van der Waals surface area contributed by atoms with E-state index in [0.717, 1.165) is 45.0 Å². The van der Waals surface area contributed by atoms with Crippen LogP contribution in [0.2, 0.25) is 0 Å². The summed E-state index contributed by atoms with van der Waals surface area (Å²) < 4.78 is 0. The van der Waals surface area contributed by atoms with Gasteiger partial charge in [0.05, 0.1) is 6.54 Å². The van der Waals surface area contributed by atoms with Gasteiger partial charge in [-0.1, -0.05) is 0 Å². The van der Waals surface area contributed by atoms with Crippen molar-refractivity contribution in [1.82, 2.24) is 10.2 Å². The van der Waals surface area contributed by atoms with Gasteiger partial charge in [-0.05, 0) is 12.8 Å². The fourth-order valence-electron chi connectivity index (χ4n) is 1.71. The van der Waals surface area contributed by atoms with Crippen LogP contribution in [0.15, 0.2) is 4.99 Å². The lowest BCUT2D eigenvalue weighted by atomic mass is 10.1. The second kappa shape index (κ2) is 3.31. The lowest BCUT2D eigenvalue weighted by Gasteiger charge is -2.31. The molecule has 12 heavy (non-hydrogen) atoms. The first kappa shape index (κ1) is 7.86. The summed E-state index contributed by atoms with van der Waals surface area (Å²) in [6.07, 6.45) is 2.20. The molecule has 4 nitrogen and oxygen atoms in total. The third-order valence-corrected chi connectivity index (χ3v) is 2.50. The number of hydrogen-bond donors (Lipinski definition) is 2. The summed E-state index contributed by atoms with van der Waals surface area (Å²) in [5.74, 6) is 1.09. The van der Waals surface area contributed by atoms with Crippen molar-refractivity contribution in [1.29, 1.82) is 0 Å². The molecule has 0 amide bonds. The molecular formula is C8H16N4. The number of hydrogen-bond acceptors (Lipinski definition) is 4. The summed E-state index contributed by atoms with van der Waals surface area (Å²) in [6, 6.07) is 0.406. The second-order valence-electron chi connectivity index (χ2n) is 3.46. The minimum atomic E-state index is 0.406. The normalized spacial score (nSPS) is 25.4. The maximum atomic E-state index is 5.81. The summed E-state index contributed by atoms with van der Waals surface area (Å²) in [7, 11) is 0. The van der Waals surface area contributed by atoms with E-state index < -0.39 is 0 Å². The highest BCUT2D eigenvalue weighted by atomic mass is 15.3. The average molecular weight is 168 g/mol. The predicted molar refractivity (Wildman–Crippen MR) is 49.1 cm³/mol. The van der Waals surface area contributed by atoms with E-state index in [9.17, 15) is 0 Å². The van der Waals surface area contributed by atoms with Gasteiger partial charge in [0.2, 0.25) is 0 Å². The SMILES string of the molecule is NC1CCN(C2=NCCN2)CC1. The predicted octanol–water partition coefficient (Wildman–Crippen LogP) is -0.631. The lowest BCUT2D eigenvalue weighted by molar-refractivity contribution is 0.308. The van der Waals surface area contributed by atoms with Gasteiger partial charge in [0.25, 0.3) is 0 Å². The average Bonchev–Trinajstić information content (AvgIpc) is 2.58. The molecule has 3 N–H and O–H groups in total. The van der Waals surface area contributed by atoms with E-state index in [2.05, 4.69) is 15.2 Å². The van der Waals surface area contributed by atoms with Crippen LogP contribution in [0.25, 0.3) is 0 Å². The number of likely N-dealkylation sites (tertiary alicyclic amines) is 1. The van der Waals surface area contributed by atoms with Gasteiger partial charge >= 0.3 is 0 Å². The van der Waals surface area contributed by atoms with Crippen molar-refractivity contribution in [3.63, 3.8) is 0 Å². The van der Waals surface area contributed by atoms with E-state index in [1.165, 1.54) is 0 Å². The number of aliphatic imine (C=N–C) groups is 1. The number of nitrogens with zero attached hydrogens (tertiary/aromatic N) is 2. The van der Waals surface area contributed by atoms with Crippen LogP contribution in [-0.4, -0.2) is 43.1 Å². The van der Waals surface area contributed by atoms with E-state index in [0.29, 0.717) is 6.04 Å². The standard InChI is InChI=1S/C8H16N4/c9-7-1-5-12(6-2-7)8-10-3-4-11-8/h7H,1-6,9H2,(H,10,11). The Morgan fingerprint density at radius 3 is 2.75 bits per heavy atom. The highest BCUT2D eigenvalue weighted by Gasteiger charge is 2.20. The quantitative estimate of drug-likeness (QED) is 0.506. The van der Waals surface area contributed by atoms with Gasteiger partial charge in [-0.25, -0.2) is 0 Å². The summed E-state index contributed by atoms with van der Waals surface area (Å²) in [5.41, 5.74) is 5.81. The molecule has 0 aromatic heterocycles. The van der Waals surface area contributed by atoms with Crippen LogP contribution >= 0.6 is 0 Å². The Kier molecular flexibility index (Phi) is 2.17. The van der Waals surface area contributed by atoms with Gasteiger partial charge in [0.1, 0.15) is 0 Å². The van der Waals surface area contributed by atoms with Crippen molar-refractivity contribution in [2.75, 3.05) is 26.2 Å². The largest absolute Gasteiger partial charge is 0.354 e. The molecule has 68 valence electrons. The molecule has 4 heteroatoms. The molecular weight excluding hydrogens is 152 g/mol. The van der Waals surface area contributed by atoms with Crippen LogP contribution < -0.4 is 11.1 Å². The Bertz CT molecular complexity index is 181. The first-order valence-electron chi connectivity index (χ1n) is 4.65. The van der Waals surface area contributed by atoms with Crippen molar-refractivity contribution < 1.29 is 0 Å². The molecule has 2 aliphatic heterocycles. The van der Waals surface area contributed by atoms with E-state index in [1.807, 2.05) is 0 Å². The van der Waals surface area contributed by atoms with Crippen LogP contribution in [0.5, 0.6) is 0 Å². The van der Waals surface area contributed by atoms with Crippen molar-refractivity contribution in [2.24, 2.45) is 10.7 Å². The van der Waals surface area contributed by atoms with Crippen LogP contribution in [0, 0.1) is 0 Å². The van der Waals surface area contributed by atoms with Gasteiger partial charge in [0.15, 0.2) is 5.96 Å². The second-order valence-corrected chi connectivity index (χ2v) is 3.46. The third-order valence-electron chi connectivity index (χ3n) is 2.50. The summed E-state index contributed by atoms with van der Waals surface area (Å²) in [6.45, 7) is 4.05. The van der Waals surface area contributed by atoms with E-state index in [-0.39, 0.29) is 0 Å². The van der Waals surface area contributed by atoms with Crippen molar-refractivity contribution in [3.8, 4) is 0 Å². The van der Waals surface area contributed by atoms with Crippen molar-refractivity contribution in [2.45, 2.75) is 18.9 Å². The number of nitrogens with two attached hydrogens (primary N) is 1. The zero-order valence-corrected chi connectivity index (χ0v) is 7.29. The fourth-order valence-corrected chi connectivity index (χ4v) is 1.71. The first-order valence-corrected chi connectivity index (χ1v) is 4.65. The molecule has 0 aliphatic carbocycles. The molecule has 0 aromatic carbocycles. The van der Waals surface area contributed by atoms with Gasteiger partial charge in [-0.15, -0.1) is 0 Å². The molecule has 0 atom stereocenters. The number of nitrogens with one attached hydrogen (secondary N) is 1. The van der Waals surface area contributed by atoms with E-state index in [4.69, 9.17) is 5.73 Å². The van der Waals surface area contributed by atoms with Gasteiger partial charge < -0.3 is 16.0 Å². The molecule has 0 radical (unpaired) electrons. The van der Waals surface area contributed by atoms with Crippen LogP contribution in [0.3, 0.4) is 0 Å². The highest BCUT2D eigenvalue weighted by Crippen LogP contribution is 2.08. The third kappa shape index (κ3) is 1.53. The number of piperidine rings is 1. The minimum Gasteiger partial charge on any atom is -0.354 e. The Morgan fingerprint density at radius 2 is 2.17 bits per heavy atom. The number of rotatable bonds is 0. The molecule has 2 aliphatic rings. The van der Waals surface area contributed by atoms with Crippen LogP contribution in [0.1, 0.15) is 12.8 Å². The lowest BCUT2D eigenvalue weighted by Crippen LogP contribution is -2.46. The highest BCUT2D eigenvalue weighted by molar-refractivity contribution is 5.81. The molecule has 0 unspecified atom stereocenters. The summed E-state index contributed by atoms with van der Waals surface area (Å²) in [5, 5.41) is 3.28. The Hall–Kier alpha value is -0.770. The summed E-state index contributed by atoms with van der Waals surface area (Å²) >= 11 is 0. The van der Waals surface area contributed by atoms with Crippen LogP contribution in [-0.2, 0) is 0 Å². The number of guanidine groups is 1. The van der Waals surface area contributed by atoms with Gasteiger partial charge in [-0.3, -0.25) is 4.99 Å². The van der Waals surface area contributed by atoms with Crippen molar-refractivity contribution in [3.05, 3.63) is 0 Å². The van der Waals surface area contributed by atoms with Crippen molar-refractivity contribution >= 4 is 5.96 Å². The van der Waals surface area contributed by atoms with E-state index >= 15 is 0 Å². The molecule has 2 rings (SSSR count). The zero-order chi connectivity index (χ0) is 8.39. The topological polar surface area (TPSA) is 53.6 Å². The maximum Gasteiger partial charge on any atom is 0.194 e. The fraction of sp³-hybridized carbons (Fsp3) is 0.875. The molecule has 0 saturated carbocycles. The molecule has 0 aromatic rings. The van der Waals surface area contributed by atoms with Crippen LogP contribution in [0.4, 0.5) is 0 Å². The smallest absolute Gasteiger partial charge is 0.194 e. The molecule has 0 spiro atoms. The molecule has 0 bridgehead atoms. The Balaban J connectivity index is 1.88. The Labute approximate surface area is 72.8 Å². The monoisotopic (exact) mass is 168 g/mol. The molecule has 2 heterocycles.